The molecule has 0 N–H and O–H groups in total. The van der Waals surface area contributed by atoms with Crippen molar-refractivity contribution in [1.82, 2.24) is 0 Å². The van der Waals surface area contributed by atoms with Crippen LogP contribution in [0.1, 0.15) is 38.2 Å². The number of hydrogen-bond donors (Lipinski definition) is 0. The highest BCUT2D eigenvalue weighted by molar-refractivity contribution is 9.10. The van der Waals surface area contributed by atoms with E-state index in [2.05, 4.69) is 54.3 Å². The fourth-order valence-corrected chi connectivity index (χ4v) is 2.85. The molecular formula is C19H24Br2O6. The van der Waals surface area contributed by atoms with E-state index in [4.69, 9.17) is 9.47 Å². The van der Waals surface area contributed by atoms with Crippen LogP contribution in [0.4, 0.5) is 0 Å². The lowest BCUT2D eigenvalue weighted by Gasteiger charge is -2.16. The van der Waals surface area contributed by atoms with Gasteiger partial charge < -0.3 is 18.9 Å². The molecule has 1 aromatic carbocycles. The van der Waals surface area contributed by atoms with E-state index in [9.17, 15) is 9.59 Å². The van der Waals surface area contributed by atoms with Crippen molar-refractivity contribution in [1.29, 1.82) is 0 Å². The van der Waals surface area contributed by atoms with Crippen LogP contribution in [0.5, 0.6) is 11.5 Å². The summed E-state index contributed by atoms with van der Waals surface area (Å²) in [5.41, 5.74) is 0.774. The Balaban J connectivity index is 2.99. The summed E-state index contributed by atoms with van der Waals surface area (Å²) in [6.45, 7) is 2.16. The van der Waals surface area contributed by atoms with Crippen molar-refractivity contribution in [3.05, 3.63) is 29.8 Å². The number of alkyl halides is 2. The minimum atomic E-state index is -0.967. The summed E-state index contributed by atoms with van der Waals surface area (Å²) in [5.74, 6) is -0.335. The Bertz CT molecular complexity index is 647. The minimum Gasteiger partial charge on any atom is -0.467 e. The van der Waals surface area contributed by atoms with E-state index in [0.29, 0.717) is 11.5 Å². The van der Waals surface area contributed by atoms with E-state index in [1.807, 2.05) is 6.08 Å². The lowest BCUT2D eigenvalue weighted by atomic mass is 10.1. The summed E-state index contributed by atoms with van der Waals surface area (Å²) in [7, 11) is 2.55. The number of allylic oxidation sites excluding steroid dienone is 1. The Morgan fingerprint density at radius 3 is 2.26 bits per heavy atom. The second-order valence-electron chi connectivity index (χ2n) is 5.51. The average molecular weight is 508 g/mol. The first-order chi connectivity index (χ1) is 12.9. The Kier molecular flexibility index (Phi) is 11.1. The molecule has 2 unspecified atom stereocenters. The quantitative estimate of drug-likeness (QED) is 0.243. The number of esters is 2. The monoisotopic (exact) mass is 506 g/mol. The third-order valence-electron chi connectivity index (χ3n) is 3.50. The summed E-state index contributed by atoms with van der Waals surface area (Å²) < 4.78 is 20.4. The normalized spacial score (nSPS) is 13.1. The molecule has 0 aliphatic heterocycles. The molecule has 0 bridgehead atoms. The SMILES string of the molecule is CCCCC/C=C/c1ccc(OC(Br)C(=O)OC)cc1OC(Br)C(=O)OC. The topological polar surface area (TPSA) is 71.1 Å². The first-order valence-corrected chi connectivity index (χ1v) is 10.3. The molecule has 0 spiro atoms. The van der Waals surface area contributed by atoms with Gasteiger partial charge in [-0.2, -0.15) is 0 Å². The van der Waals surface area contributed by atoms with Gasteiger partial charge in [0.25, 0.3) is 0 Å². The van der Waals surface area contributed by atoms with Gasteiger partial charge in [0.15, 0.2) is 0 Å². The Morgan fingerprint density at radius 1 is 1.04 bits per heavy atom. The van der Waals surface area contributed by atoms with Crippen molar-refractivity contribution in [2.24, 2.45) is 0 Å². The molecule has 0 saturated carbocycles. The van der Waals surface area contributed by atoms with Crippen LogP contribution in [0.15, 0.2) is 24.3 Å². The Hall–Kier alpha value is -1.54. The molecule has 0 radical (unpaired) electrons. The number of hydrogen-bond acceptors (Lipinski definition) is 6. The van der Waals surface area contributed by atoms with E-state index in [1.54, 1.807) is 18.2 Å². The zero-order valence-electron chi connectivity index (χ0n) is 15.6. The van der Waals surface area contributed by atoms with Crippen LogP contribution in [-0.2, 0) is 19.1 Å². The second-order valence-corrected chi connectivity index (χ2v) is 7.18. The lowest BCUT2D eigenvalue weighted by molar-refractivity contribution is -0.144. The lowest BCUT2D eigenvalue weighted by Crippen LogP contribution is -2.23. The third kappa shape index (κ3) is 8.34. The molecule has 0 aromatic heterocycles. The first kappa shape index (κ1) is 23.5. The maximum Gasteiger partial charge on any atom is 0.358 e. The fourth-order valence-electron chi connectivity index (χ4n) is 2.06. The van der Waals surface area contributed by atoms with Gasteiger partial charge in [0.1, 0.15) is 11.5 Å². The van der Waals surface area contributed by atoms with Crippen molar-refractivity contribution in [2.75, 3.05) is 14.2 Å². The molecule has 150 valence electrons. The molecule has 0 fully saturated rings. The summed E-state index contributed by atoms with van der Waals surface area (Å²) in [5, 5.41) is -1.92. The predicted octanol–water partition coefficient (Wildman–Crippen LogP) is 4.83. The van der Waals surface area contributed by atoms with E-state index < -0.39 is 22.0 Å². The van der Waals surface area contributed by atoms with Crippen LogP contribution >= 0.6 is 31.9 Å². The molecule has 0 aliphatic carbocycles. The number of carbonyl (C=O) groups is 2. The summed E-state index contributed by atoms with van der Waals surface area (Å²) >= 11 is 6.24. The van der Waals surface area contributed by atoms with Gasteiger partial charge in [-0.25, -0.2) is 9.59 Å². The van der Waals surface area contributed by atoms with Gasteiger partial charge in [-0.15, -0.1) is 0 Å². The molecule has 0 heterocycles. The highest BCUT2D eigenvalue weighted by Gasteiger charge is 2.20. The third-order valence-corrected chi connectivity index (χ3v) is 4.62. The fraction of sp³-hybridized carbons (Fsp3) is 0.474. The maximum atomic E-state index is 11.6. The zero-order chi connectivity index (χ0) is 20.2. The Labute approximate surface area is 176 Å². The highest BCUT2D eigenvalue weighted by Crippen LogP contribution is 2.29. The van der Waals surface area contributed by atoms with Gasteiger partial charge in [-0.05, 0) is 56.8 Å². The number of carbonyl (C=O) groups excluding carboxylic acids is 2. The van der Waals surface area contributed by atoms with Crippen LogP contribution in [0.3, 0.4) is 0 Å². The van der Waals surface area contributed by atoms with Crippen molar-refractivity contribution < 1.29 is 28.5 Å². The summed E-state index contributed by atoms with van der Waals surface area (Å²) in [6, 6.07) is 5.09. The van der Waals surface area contributed by atoms with Crippen LogP contribution in [0.25, 0.3) is 6.08 Å². The number of methoxy groups -OCH3 is 2. The molecule has 0 saturated heterocycles. The van der Waals surface area contributed by atoms with Crippen LogP contribution in [0.2, 0.25) is 0 Å². The van der Waals surface area contributed by atoms with E-state index in [0.717, 1.165) is 24.8 Å². The summed E-state index contributed by atoms with van der Waals surface area (Å²) in [4.78, 5) is 23.1. The van der Waals surface area contributed by atoms with Crippen molar-refractivity contribution in [2.45, 2.75) is 42.6 Å². The van der Waals surface area contributed by atoms with Crippen molar-refractivity contribution in [3.8, 4) is 11.5 Å². The van der Waals surface area contributed by atoms with E-state index >= 15 is 0 Å². The number of unbranched alkanes of at least 4 members (excludes halogenated alkanes) is 3. The van der Waals surface area contributed by atoms with Gasteiger partial charge in [-0.1, -0.05) is 31.9 Å². The molecule has 1 aromatic rings. The van der Waals surface area contributed by atoms with Crippen LogP contribution in [0, 0.1) is 0 Å². The second kappa shape index (κ2) is 12.8. The van der Waals surface area contributed by atoms with Crippen LogP contribution < -0.4 is 9.47 Å². The highest BCUT2D eigenvalue weighted by atomic mass is 79.9. The van der Waals surface area contributed by atoms with Crippen molar-refractivity contribution in [3.63, 3.8) is 0 Å². The largest absolute Gasteiger partial charge is 0.467 e. The van der Waals surface area contributed by atoms with Gasteiger partial charge in [0.2, 0.25) is 10.0 Å². The molecule has 2 atom stereocenters. The minimum absolute atomic E-state index is 0.380. The van der Waals surface area contributed by atoms with Crippen LogP contribution in [-0.4, -0.2) is 36.2 Å². The summed E-state index contributed by atoms with van der Waals surface area (Å²) in [6.07, 6.45) is 8.38. The Morgan fingerprint density at radius 2 is 1.67 bits per heavy atom. The predicted molar refractivity (Wildman–Crippen MR) is 110 cm³/mol. The molecule has 0 aliphatic rings. The van der Waals surface area contributed by atoms with Gasteiger partial charge >= 0.3 is 11.9 Å². The number of halogens is 2. The number of benzene rings is 1. The molecular weight excluding hydrogens is 484 g/mol. The zero-order valence-corrected chi connectivity index (χ0v) is 18.7. The average Bonchev–Trinajstić information content (AvgIpc) is 2.67. The molecule has 1 rings (SSSR count). The van der Waals surface area contributed by atoms with E-state index in [-0.39, 0.29) is 0 Å². The van der Waals surface area contributed by atoms with Gasteiger partial charge in [0.05, 0.1) is 14.2 Å². The maximum absolute atomic E-state index is 11.6. The molecule has 6 nitrogen and oxygen atoms in total. The molecule has 27 heavy (non-hydrogen) atoms. The smallest absolute Gasteiger partial charge is 0.358 e. The number of rotatable bonds is 11. The van der Waals surface area contributed by atoms with Crippen molar-refractivity contribution >= 4 is 49.9 Å². The van der Waals surface area contributed by atoms with E-state index in [1.165, 1.54) is 20.6 Å². The standard InChI is InChI=1S/C19H24Br2O6/c1-4-5-6-7-8-9-13-10-11-14(26-16(20)18(22)24-2)12-15(13)27-17(21)19(23)25-3/h8-12,16-17H,4-7H2,1-3H3/b9-8+. The number of ether oxygens (including phenoxy) is 4. The molecule has 8 heteroatoms. The van der Waals surface area contributed by atoms with Gasteiger partial charge in [0, 0.05) is 11.6 Å². The molecule has 0 amide bonds. The first-order valence-electron chi connectivity index (χ1n) is 8.50. The van der Waals surface area contributed by atoms with Gasteiger partial charge in [-0.3, -0.25) is 0 Å².